The van der Waals surface area contributed by atoms with Crippen LogP contribution in [0, 0.1) is 0 Å². The Labute approximate surface area is 217 Å². The number of carbonyl (C=O) groups is 2. The van der Waals surface area contributed by atoms with Crippen LogP contribution in [0.25, 0.3) is 6.08 Å². The molecule has 1 fully saturated rings. The van der Waals surface area contributed by atoms with Gasteiger partial charge >= 0.3 is 19.2 Å². The number of hydrogen-bond donors (Lipinski definition) is 3. The summed E-state index contributed by atoms with van der Waals surface area (Å²) in [7, 11) is -4.74. The van der Waals surface area contributed by atoms with Gasteiger partial charge in [0.15, 0.2) is 0 Å². The predicted octanol–water partition coefficient (Wildman–Crippen LogP) is 2.99. The molecule has 37 heavy (non-hydrogen) atoms. The summed E-state index contributed by atoms with van der Waals surface area (Å²) in [4.78, 5) is 23.0. The van der Waals surface area contributed by atoms with Gasteiger partial charge in [0.1, 0.15) is 13.2 Å². The summed E-state index contributed by atoms with van der Waals surface area (Å²) in [5.74, 6) is -1.29. The maximum Gasteiger partial charge on any atom is 0.492 e. The van der Waals surface area contributed by atoms with Gasteiger partial charge in [-0.25, -0.2) is 13.2 Å². The number of amides is 1. The summed E-state index contributed by atoms with van der Waals surface area (Å²) in [6.07, 6.45) is 1.12. The summed E-state index contributed by atoms with van der Waals surface area (Å²) in [6.45, 7) is 7.11. The van der Waals surface area contributed by atoms with E-state index in [-0.39, 0.29) is 18.0 Å². The van der Waals surface area contributed by atoms with E-state index in [0.29, 0.717) is 11.0 Å². The molecule has 3 rings (SSSR count). The maximum atomic E-state index is 12.3. The zero-order valence-electron chi connectivity index (χ0n) is 21.2. The van der Waals surface area contributed by atoms with Crippen molar-refractivity contribution in [2.75, 3.05) is 13.1 Å². The fraction of sp³-hybridized carbons (Fsp3) is 0.360. The molecule has 12 heteroatoms. The van der Waals surface area contributed by atoms with E-state index in [1.54, 1.807) is 18.2 Å². The SMILES string of the molecule is CC1(C)OB(C(=Cc2ccc(S(=O)(=O)NCC(=O)O)cc2)CNC(=O)OCc2ccccc2)OC1(C)C. The Balaban J connectivity index is 1.76. The fourth-order valence-electron chi connectivity index (χ4n) is 3.34. The van der Waals surface area contributed by atoms with Crippen molar-refractivity contribution in [1.82, 2.24) is 10.0 Å². The van der Waals surface area contributed by atoms with Crippen LogP contribution in [0.1, 0.15) is 38.8 Å². The summed E-state index contributed by atoms with van der Waals surface area (Å²) in [6, 6.07) is 15.1. The largest absolute Gasteiger partial charge is 0.492 e. The molecule has 0 atom stereocenters. The van der Waals surface area contributed by atoms with Gasteiger partial charge in [-0.1, -0.05) is 48.5 Å². The van der Waals surface area contributed by atoms with E-state index < -0.39 is 47.0 Å². The maximum absolute atomic E-state index is 12.3. The van der Waals surface area contributed by atoms with Crippen molar-refractivity contribution in [2.24, 2.45) is 0 Å². The van der Waals surface area contributed by atoms with Gasteiger partial charge in [-0.15, -0.1) is 0 Å². The lowest BCUT2D eigenvalue weighted by atomic mass is 9.77. The zero-order chi connectivity index (χ0) is 27.3. The van der Waals surface area contributed by atoms with Crippen LogP contribution in [0.15, 0.2) is 65.0 Å². The summed E-state index contributed by atoms with van der Waals surface area (Å²) in [5.41, 5.74) is 0.847. The van der Waals surface area contributed by atoms with E-state index in [4.69, 9.17) is 19.2 Å². The van der Waals surface area contributed by atoms with E-state index in [1.807, 2.05) is 62.7 Å². The number of carboxylic acids is 1. The third-order valence-electron chi connectivity index (χ3n) is 6.16. The molecule has 0 aliphatic carbocycles. The first-order chi connectivity index (χ1) is 17.3. The van der Waals surface area contributed by atoms with Gasteiger partial charge in [0, 0.05) is 6.54 Å². The van der Waals surface area contributed by atoms with Crippen LogP contribution in [0.5, 0.6) is 0 Å². The third-order valence-corrected chi connectivity index (χ3v) is 7.58. The van der Waals surface area contributed by atoms with Crippen molar-refractivity contribution < 1.29 is 37.2 Å². The summed E-state index contributed by atoms with van der Waals surface area (Å²) >= 11 is 0. The minimum atomic E-state index is -3.97. The van der Waals surface area contributed by atoms with Gasteiger partial charge < -0.3 is 24.5 Å². The minimum absolute atomic E-state index is 0.0602. The van der Waals surface area contributed by atoms with E-state index in [1.165, 1.54) is 12.1 Å². The lowest BCUT2D eigenvalue weighted by Crippen LogP contribution is -2.41. The molecule has 1 aliphatic heterocycles. The van der Waals surface area contributed by atoms with Gasteiger partial charge in [0.25, 0.3) is 0 Å². The number of ether oxygens (including phenoxy) is 1. The first kappa shape index (κ1) is 28.4. The standard InChI is InChI=1S/C25H31BN2O8S/c1-24(2)25(3,4)36-26(35-24)20(15-27-23(31)34-17-19-8-6-5-7-9-19)14-18-10-12-21(13-11-18)37(32,33)28-16-22(29)30/h5-14,28H,15-17H2,1-4H3,(H,27,31)(H,29,30). The lowest BCUT2D eigenvalue weighted by molar-refractivity contribution is -0.135. The highest BCUT2D eigenvalue weighted by molar-refractivity contribution is 7.89. The van der Waals surface area contributed by atoms with Crippen LogP contribution in [0.2, 0.25) is 0 Å². The molecular formula is C25H31BN2O8S. The Kier molecular flexibility index (Phi) is 8.80. The van der Waals surface area contributed by atoms with Crippen LogP contribution in [0.3, 0.4) is 0 Å². The fourth-order valence-corrected chi connectivity index (χ4v) is 4.32. The number of hydrogen-bond acceptors (Lipinski definition) is 7. The Bertz CT molecular complexity index is 1230. The molecule has 0 saturated carbocycles. The van der Waals surface area contributed by atoms with E-state index in [2.05, 4.69) is 5.32 Å². The molecule has 2 aromatic rings. The molecule has 1 heterocycles. The van der Waals surface area contributed by atoms with Crippen LogP contribution >= 0.6 is 0 Å². The van der Waals surface area contributed by atoms with Gasteiger partial charge in [-0.05, 0) is 56.4 Å². The van der Waals surface area contributed by atoms with Crippen LogP contribution in [-0.4, -0.2) is 57.0 Å². The highest BCUT2D eigenvalue weighted by Crippen LogP contribution is 2.38. The summed E-state index contributed by atoms with van der Waals surface area (Å²) < 4.78 is 44.1. The molecule has 0 spiro atoms. The highest BCUT2D eigenvalue weighted by atomic mass is 32.2. The topological polar surface area (TPSA) is 140 Å². The molecule has 1 aliphatic rings. The van der Waals surface area contributed by atoms with Crippen LogP contribution in [-0.2, 0) is 35.5 Å². The Hall–Kier alpha value is -3.19. The average molecular weight is 530 g/mol. The lowest BCUT2D eigenvalue weighted by Gasteiger charge is -2.32. The monoisotopic (exact) mass is 530 g/mol. The Morgan fingerprint density at radius 2 is 1.57 bits per heavy atom. The van der Waals surface area contributed by atoms with Crippen molar-refractivity contribution >= 4 is 35.3 Å². The Morgan fingerprint density at radius 3 is 2.14 bits per heavy atom. The second kappa shape index (κ2) is 11.5. The van der Waals surface area contributed by atoms with Crippen molar-refractivity contribution in [3.63, 3.8) is 0 Å². The number of alkyl carbamates (subject to hydrolysis) is 1. The van der Waals surface area contributed by atoms with E-state index in [9.17, 15) is 18.0 Å². The first-order valence-electron chi connectivity index (χ1n) is 11.6. The molecule has 0 unspecified atom stereocenters. The molecule has 1 amide bonds. The van der Waals surface area contributed by atoms with Crippen molar-refractivity contribution in [3.8, 4) is 0 Å². The number of carboxylic acid groups (broad SMARTS) is 1. The number of benzene rings is 2. The number of nitrogens with one attached hydrogen (secondary N) is 2. The Morgan fingerprint density at radius 1 is 0.973 bits per heavy atom. The van der Waals surface area contributed by atoms with Gasteiger partial charge in [0.2, 0.25) is 10.0 Å². The normalized spacial score (nSPS) is 16.9. The number of aliphatic carboxylic acids is 1. The zero-order valence-corrected chi connectivity index (χ0v) is 22.0. The molecule has 198 valence electrons. The first-order valence-corrected chi connectivity index (χ1v) is 13.1. The quantitative estimate of drug-likeness (QED) is 0.399. The number of rotatable bonds is 10. The van der Waals surface area contributed by atoms with Crippen molar-refractivity contribution in [1.29, 1.82) is 0 Å². The molecule has 3 N–H and O–H groups in total. The highest BCUT2D eigenvalue weighted by Gasteiger charge is 2.52. The van der Waals surface area contributed by atoms with E-state index in [0.717, 1.165) is 5.56 Å². The molecular weight excluding hydrogens is 499 g/mol. The number of carbonyl (C=O) groups excluding carboxylic acids is 1. The van der Waals surface area contributed by atoms with E-state index >= 15 is 0 Å². The van der Waals surface area contributed by atoms with Crippen LogP contribution in [0.4, 0.5) is 4.79 Å². The molecule has 10 nitrogen and oxygen atoms in total. The smallest absolute Gasteiger partial charge is 0.480 e. The van der Waals surface area contributed by atoms with Gasteiger partial charge in [-0.2, -0.15) is 4.72 Å². The molecule has 0 bridgehead atoms. The van der Waals surface area contributed by atoms with Crippen molar-refractivity contribution in [2.45, 2.75) is 50.4 Å². The third kappa shape index (κ3) is 7.65. The van der Waals surface area contributed by atoms with Crippen molar-refractivity contribution in [3.05, 3.63) is 71.2 Å². The average Bonchev–Trinajstić information content (AvgIpc) is 3.06. The number of sulfonamides is 1. The predicted molar refractivity (Wildman–Crippen MR) is 138 cm³/mol. The second-order valence-electron chi connectivity index (χ2n) is 9.51. The molecule has 0 aromatic heterocycles. The molecule has 1 saturated heterocycles. The molecule has 2 aromatic carbocycles. The summed E-state index contributed by atoms with van der Waals surface area (Å²) in [5, 5.41) is 11.4. The van der Waals surface area contributed by atoms with Gasteiger partial charge in [0.05, 0.1) is 16.1 Å². The van der Waals surface area contributed by atoms with Crippen LogP contribution < -0.4 is 10.0 Å². The second-order valence-corrected chi connectivity index (χ2v) is 11.3. The van der Waals surface area contributed by atoms with Gasteiger partial charge in [-0.3, -0.25) is 4.79 Å². The molecule has 0 radical (unpaired) electrons. The minimum Gasteiger partial charge on any atom is -0.480 e.